The summed E-state index contributed by atoms with van der Waals surface area (Å²) in [5, 5.41) is 0. The van der Waals surface area contributed by atoms with E-state index in [1.165, 1.54) is 17.5 Å². The molecular weight excluding hydrogens is 364 g/mol. The van der Waals surface area contributed by atoms with Crippen LogP contribution in [0.4, 0.5) is 0 Å². The average molecular weight is 397 g/mol. The second-order valence-electron chi connectivity index (χ2n) is 8.14. The number of unbranched alkanes of at least 4 members (excludes halogenated alkanes) is 1. The number of rotatable bonds is 8. The molecule has 4 nitrogen and oxygen atoms in total. The normalized spacial score (nSPS) is 21.7. The van der Waals surface area contributed by atoms with E-state index in [4.69, 9.17) is 14.2 Å². The summed E-state index contributed by atoms with van der Waals surface area (Å²) >= 11 is 0. The van der Waals surface area contributed by atoms with Crippen molar-refractivity contribution in [3.05, 3.63) is 65.2 Å². The third-order valence-corrected chi connectivity index (χ3v) is 5.34. The van der Waals surface area contributed by atoms with Gasteiger partial charge in [-0.1, -0.05) is 63.1 Å². The number of hydrogen-bond donors (Lipinski definition) is 0. The van der Waals surface area contributed by atoms with Crippen molar-refractivity contribution >= 4 is 5.97 Å². The molecule has 1 aliphatic heterocycles. The van der Waals surface area contributed by atoms with Crippen LogP contribution in [0.5, 0.6) is 5.75 Å². The van der Waals surface area contributed by atoms with Crippen molar-refractivity contribution in [3.8, 4) is 5.75 Å². The van der Waals surface area contributed by atoms with Crippen molar-refractivity contribution in [1.29, 1.82) is 0 Å². The highest BCUT2D eigenvalue weighted by Crippen LogP contribution is 2.33. The number of ether oxygens (including phenoxy) is 3. The van der Waals surface area contributed by atoms with E-state index in [9.17, 15) is 4.79 Å². The Morgan fingerprint density at radius 3 is 2.10 bits per heavy atom. The highest BCUT2D eigenvalue weighted by molar-refractivity contribution is 5.79. The van der Waals surface area contributed by atoms with Gasteiger partial charge in [-0.2, -0.15) is 0 Å². The number of carbonyl (C=O) groups is 1. The smallest absolute Gasteiger partial charge is 0.321 e. The molecule has 0 aromatic heterocycles. The molecule has 0 amide bonds. The summed E-state index contributed by atoms with van der Waals surface area (Å²) in [5.74, 6) is 0.237. The summed E-state index contributed by atoms with van der Waals surface area (Å²) in [4.78, 5) is 12.7. The highest BCUT2D eigenvalue weighted by atomic mass is 16.7. The zero-order valence-corrected chi connectivity index (χ0v) is 17.8. The molecule has 0 radical (unpaired) electrons. The van der Waals surface area contributed by atoms with E-state index in [2.05, 4.69) is 26.0 Å². The van der Waals surface area contributed by atoms with Crippen LogP contribution in [0, 0.1) is 5.41 Å². The third-order valence-electron chi connectivity index (χ3n) is 5.34. The van der Waals surface area contributed by atoms with Gasteiger partial charge in [0.05, 0.1) is 13.2 Å². The van der Waals surface area contributed by atoms with Crippen LogP contribution in [0.3, 0.4) is 0 Å². The lowest BCUT2D eigenvalue weighted by Crippen LogP contribution is -2.44. The van der Waals surface area contributed by atoms with Crippen molar-refractivity contribution in [2.24, 2.45) is 5.41 Å². The molecule has 1 fully saturated rings. The number of esters is 1. The first-order valence-electron chi connectivity index (χ1n) is 10.7. The van der Waals surface area contributed by atoms with Crippen LogP contribution in [-0.4, -0.2) is 19.2 Å². The molecule has 4 heteroatoms. The Balaban J connectivity index is 1.54. The van der Waals surface area contributed by atoms with Gasteiger partial charge in [-0.3, -0.25) is 4.79 Å². The number of hydrogen-bond acceptors (Lipinski definition) is 4. The Morgan fingerprint density at radius 1 is 0.931 bits per heavy atom. The molecule has 1 saturated heterocycles. The first-order chi connectivity index (χ1) is 14.0. The molecule has 0 spiro atoms. The average Bonchev–Trinajstić information content (AvgIpc) is 2.75. The van der Waals surface area contributed by atoms with Gasteiger partial charge in [0.15, 0.2) is 6.29 Å². The Bertz CT molecular complexity index is 771. The number of carbonyl (C=O) groups excluding carboxylic acids is 1. The summed E-state index contributed by atoms with van der Waals surface area (Å²) in [6.45, 7) is 6.70. The summed E-state index contributed by atoms with van der Waals surface area (Å²) in [6, 6.07) is 16.1. The van der Waals surface area contributed by atoms with E-state index in [1.54, 1.807) is 0 Å². The van der Waals surface area contributed by atoms with Crippen LogP contribution >= 0.6 is 0 Å². The molecule has 2 aromatic rings. The van der Waals surface area contributed by atoms with Gasteiger partial charge >= 0.3 is 5.97 Å². The molecule has 29 heavy (non-hydrogen) atoms. The van der Waals surface area contributed by atoms with Crippen LogP contribution in [-0.2, 0) is 27.1 Å². The fourth-order valence-corrected chi connectivity index (χ4v) is 3.38. The van der Waals surface area contributed by atoms with Crippen LogP contribution in [0.1, 0.15) is 63.0 Å². The second-order valence-corrected chi connectivity index (χ2v) is 8.14. The van der Waals surface area contributed by atoms with Gasteiger partial charge in [0, 0.05) is 5.56 Å². The van der Waals surface area contributed by atoms with Gasteiger partial charge in [-0.15, -0.1) is 0 Å². The minimum Gasteiger partial charge on any atom is -0.426 e. The first-order valence-corrected chi connectivity index (χ1v) is 10.7. The van der Waals surface area contributed by atoms with Crippen LogP contribution in [0.15, 0.2) is 48.5 Å². The summed E-state index contributed by atoms with van der Waals surface area (Å²) in [7, 11) is 0. The zero-order valence-electron chi connectivity index (χ0n) is 17.8. The number of benzene rings is 2. The fraction of sp³-hybridized carbons (Fsp3) is 0.480. The summed E-state index contributed by atoms with van der Waals surface area (Å²) in [5.41, 5.74) is 2.72. The van der Waals surface area contributed by atoms with Crippen molar-refractivity contribution in [2.45, 2.75) is 59.2 Å². The first kappa shape index (κ1) is 21.5. The lowest BCUT2D eigenvalue weighted by molar-refractivity contribution is -0.233. The van der Waals surface area contributed by atoms with Crippen molar-refractivity contribution in [2.75, 3.05) is 13.2 Å². The van der Waals surface area contributed by atoms with E-state index in [0.29, 0.717) is 5.75 Å². The fourth-order valence-electron chi connectivity index (χ4n) is 3.38. The monoisotopic (exact) mass is 396 g/mol. The van der Waals surface area contributed by atoms with Gasteiger partial charge in [-0.05, 0) is 49.4 Å². The molecule has 3 rings (SSSR count). The second kappa shape index (κ2) is 10.0. The van der Waals surface area contributed by atoms with Crippen LogP contribution in [0.25, 0.3) is 0 Å². The lowest BCUT2D eigenvalue weighted by Gasteiger charge is -2.35. The van der Waals surface area contributed by atoms with Gasteiger partial charge in [0.25, 0.3) is 0 Å². The molecule has 0 unspecified atom stereocenters. The molecule has 0 saturated carbocycles. The molecule has 2 aromatic carbocycles. The van der Waals surface area contributed by atoms with Gasteiger partial charge in [-0.25, -0.2) is 0 Å². The van der Waals surface area contributed by atoms with Crippen LogP contribution in [0.2, 0.25) is 0 Å². The maximum Gasteiger partial charge on any atom is 0.321 e. The van der Waals surface area contributed by atoms with Crippen LogP contribution < -0.4 is 4.74 Å². The molecule has 0 atom stereocenters. The molecule has 1 heterocycles. The van der Waals surface area contributed by atoms with Crippen molar-refractivity contribution < 1.29 is 19.0 Å². The van der Waals surface area contributed by atoms with Gasteiger partial charge < -0.3 is 14.2 Å². The Labute approximate surface area is 174 Å². The molecular formula is C25H32O4. The quantitative estimate of drug-likeness (QED) is 0.428. The number of aryl methyl sites for hydroxylation is 2. The largest absolute Gasteiger partial charge is 0.426 e. The maximum absolute atomic E-state index is 12.7. The van der Waals surface area contributed by atoms with Crippen molar-refractivity contribution in [1.82, 2.24) is 0 Å². The maximum atomic E-state index is 12.7. The molecule has 156 valence electrons. The Hall–Kier alpha value is -2.17. The van der Waals surface area contributed by atoms with Gasteiger partial charge in [0.1, 0.15) is 11.2 Å². The molecule has 0 N–H and O–H groups in total. The molecule has 1 aliphatic rings. The standard InChI is InChI=1S/C25H32O4/c1-4-6-8-20-11-15-22(16-12-20)29-24(26)25(3)17-27-23(28-18-25)21-13-9-19(7-5-2)10-14-21/h9-16,23H,4-8,17-18H2,1-3H3. The highest BCUT2D eigenvalue weighted by Gasteiger charge is 2.41. The van der Waals surface area contributed by atoms with E-state index in [1.807, 2.05) is 43.3 Å². The summed E-state index contributed by atoms with van der Waals surface area (Å²) in [6.07, 6.45) is 5.12. The SMILES string of the molecule is CCCCc1ccc(OC(=O)C2(C)COC(c3ccc(CCC)cc3)OC2)cc1. The molecule has 0 bridgehead atoms. The van der Waals surface area contributed by atoms with E-state index in [-0.39, 0.29) is 19.2 Å². The zero-order chi connectivity index (χ0) is 20.7. The predicted octanol–water partition coefficient (Wildman–Crippen LogP) is 5.64. The van der Waals surface area contributed by atoms with E-state index < -0.39 is 11.7 Å². The lowest BCUT2D eigenvalue weighted by atomic mass is 9.92. The van der Waals surface area contributed by atoms with Crippen molar-refractivity contribution in [3.63, 3.8) is 0 Å². The van der Waals surface area contributed by atoms with E-state index >= 15 is 0 Å². The predicted molar refractivity (Wildman–Crippen MR) is 114 cm³/mol. The Kier molecular flexibility index (Phi) is 7.45. The minimum atomic E-state index is -0.820. The third kappa shape index (κ3) is 5.68. The Morgan fingerprint density at radius 2 is 1.52 bits per heavy atom. The molecule has 0 aliphatic carbocycles. The van der Waals surface area contributed by atoms with E-state index in [0.717, 1.165) is 31.2 Å². The van der Waals surface area contributed by atoms with Gasteiger partial charge in [0.2, 0.25) is 0 Å². The minimum absolute atomic E-state index is 0.266. The topological polar surface area (TPSA) is 44.8 Å². The summed E-state index contributed by atoms with van der Waals surface area (Å²) < 4.78 is 17.4.